The molecule has 0 radical (unpaired) electrons. The highest BCUT2D eigenvalue weighted by atomic mass is 16.7. The molecule has 1 N–H and O–H groups in total. The number of esters is 1. The summed E-state index contributed by atoms with van der Waals surface area (Å²) in [6.07, 6.45) is 4.54. The van der Waals surface area contributed by atoms with Crippen LogP contribution in [-0.4, -0.2) is 48.6 Å². The van der Waals surface area contributed by atoms with Crippen LogP contribution in [0.15, 0.2) is 11.6 Å². The number of hydrogen-bond donors (Lipinski definition) is 1. The average Bonchev–Trinajstić information content (AvgIpc) is 3.14. The number of carbonyl (C=O) groups excluding carboxylic acids is 1. The Balaban J connectivity index is 1.43. The highest BCUT2D eigenvalue weighted by Gasteiger charge is 2.74. The van der Waals surface area contributed by atoms with E-state index in [-0.39, 0.29) is 23.5 Å². The number of epoxide rings is 1. The second-order valence-corrected chi connectivity index (χ2v) is 9.43. The van der Waals surface area contributed by atoms with E-state index in [4.69, 9.17) is 18.9 Å². The fourth-order valence-corrected chi connectivity index (χ4v) is 7.38. The first-order valence-electron chi connectivity index (χ1n) is 9.95. The van der Waals surface area contributed by atoms with Crippen molar-refractivity contribution in [3.8, 4) is 0 Å². The highest BCUT2D eigenvalue weighted by Crippen LogP contribution is 2.71. The van der Waals surface area contributed by atoms with Crippen LogP contribution in [-0.2, 0) is 23.7 Å². The van der Waals surface area contributed by atoms with Crippen molar-refractivity contribution in [2.45, 2.75) is 63.8 Å². The third-order valence-electron chi connectivity index (χ3n) is 8.75. The van der Waals surface area contributed by atoms with Crippen LogP contribution in [0.4, 0.5) is 0 Å². The molecule has 0 aromatic carbocycles. The van der Waals surface area contributed by atoms with Crippen LogP contribution in [0.5, 0.6) is 0 Å². The molecular formula is C20H26O6. The fraction of sp³-hybridized carbons (Fsp3) is 0.850. The van der Waals surface area contributed by atoms with Crippen LogP contribution in [0.2, 0.25) is 0 Å². The average molecular weight is 362 g/mol. The lowest BCUT2D eigenvalue weighted by Crippen LogP contribution is -2.60. The topological polar surface area (TPSA) is 77.5 Å². The summed E-state index contributed by atoms with van der Waals surface area (Å²) in [6, 6.07) is 0. The van der Waals surface area contributed by atoms with Crippen molar-refractivity contribution >= 4 is 5.97 Å². The van der Waals surface area contributed by atoms with E-state index in [1.54, 1.807) is 6.08 Å². The van der Waals surface area contributed by atoms with Crippen molar-refractivity contribution < 1.29 is 28.8 Å². The zero-order chi connectivity index (χ0) is 17.9. The number of rotatable bonds is 0. The van der Waals surface area contributed by atoms with Gasteiger partial charge in [0.15, 0.2) is 5.79 Å². The van der Waals surface area contributed by atoms with E-state index in [2.05, 4.69) is 13.8 Å². The summed E-state index contributed by atoms with van der Waals surface area (Å²) in [5.74, 6) is 0.139. The maximum absolute atomic E-state index is 11.9. The normalized spacial score (nSPS) is 56.1. The summed E-state index contributed by atoms with van der Waals surface area (Å²) in [7, 11) is 0. The molecule has 1 spiro atoms. The molecule has 0 aromatic heterocycles. The Kier molecular flexibility index (Phi) is 2.91. The molecule has 142 valence electrons. The lowest BCUT2D eigenvalue weighted by molar-refractivity contribution is -0.250. The molecule has 6 nitrogen and oxygen atoms in total. The molecule has 3 aliphatic carbocycles. The molecule has 8 atom stereocenters. The van der Waals surface area contributed by atoms with E-state index >= 15 is 0 Å². The predicted molar refractivity (Wildman–Crippen MR) is 88.6 cm³/mol. The van der Waals surface area contributed by atoms with Gasteiger partial charge in [-0.25, -0.2) is 4.79 Å². The minimum absolute atomic E-state index is 0.0188. The Morgan fingerprint density at radius 2 is 1.85 bits per heavy atom. The Hall–Kier alpha value is -0.950. The summed E-state index contributed by atoms with van der Waals surface area (Å²) in [5, 5.41) is 10.7. The van der Waals surface area contributed by atoms with E-state index in [9.17, 15) is 9.90 Å². The Labute approximate surface area is 152 Å². The number of aliphatic hydroxyl groups is 1. The van der Waals surface area contributed by atoms with Gasteiger partial charge in [-0.3, -0.25) is 0 Å². The summed E-state index contributed by atoms with van der Waals surface area (Å²) < 4.78 is 23.7. The van der Waals surface area contributed by atoms with Crippen LogP contribution in [0.25, 0.3) is 0 Å². The summed E-state index contributed by atoms with van der Waals surface area (Å²) in [4.78, 5) is 11.9. The smallest absolute Gasteiger partial charge is 0.333 e. The van der Waals surface area contributed by atoms with Gasteiger partial charge >= 0.3 is 5.97 Å². The van der Waals surface area contributed by atoms with E-state index in [0.29, 0.717) is 25.0 Å². The first-order chi connectivity index (χ1) is 12.4. The van der Waals surface area contributed by atoms with E-state index in [1.165, 1.54) is 0 Å². The standard InChI is InChI=1S/C20H26O6/c1-18-5-3-11-14(10(18)4-6-20(18)23-7-8-24-20)16-15(26-16)12-9-13(21)25-17(22)19(11,12)2/h9-11,14-17,22H,3-8H2,1-2H3/t10-,11-,14-,15+,16-,17-,18-,19+/m0/s1. The number of hydrogen-bond acceptors (Lipinski definition) is 6. The largest absolute Gasteiger partial charge is 0.432 e. The summed E-state index contributed by atoms with van der Waals surface area (Å²) in [5.41, 5.74) is 0.372. The quantitative estimate of drug-likeness (QED) is 0.523. The first kappa shape index (κ1) is 16.0. The molecule has 0 amide bonds. The minimum Gasteiger partial charge on any atom is -0.432 e. The summed E-state index contributed by atoms with van der Waals surface area (Å²) in [6.45, 7) is 5.74. The van der Waals surface area contributed by atoms with E-state index in [0.717, 1.165) is 31.3 Å². The van der Waals surface area contributed by atoms with Crippen molar-refractivity contribution in [3.05, 3.63) is 11.6 Å². The predicted octanol–water partition coefficient (Wildman–Crippen LogP) is 1.76. The molecule has 5 fully saturated rings. The number of carbonyl (C=O) groups is 1. The van der Waals surface area contributed by atoms with Gasteiger partial charge in [0, 0.05) is 17.9 Å². The SMILES string of the molecule is C[C@@]12C(=CC(=O)O[C@@H]1O)[C@H]1O[C@H]1[C@@H]1[C@@H]2CC[C@@]2(C)[C@H]1CCC21OCCO1. The van der Waals surface area contributed by atoms with Crippen molar-refractivity contribution in [1.82, 2.24) is 0 Å². The van der Waals surface area contributed by atoms with Crippen LogP contribution in [0.1, 0.15) is 39.5 Å². The zero-order valence-electron chi connectivity index (χ0n) is 15.3. The molecule has 0 unspecified atom stereocenters. The highest BCUT2D eigenvalue weighted by molar-refractivity contribution is 5.85. The number of aliphatic hydroxyl groups excluding tert-OH is 1. The molecule has 3 heterocycles. The van der Waals surface area contributed by atoms with Gasteiger partial charge in [-0.2, -0.15) is 0 Å². The van der Waals surface area contributed by atoms with E-state index in [1.807, 2.05) is 0 Å². The monoisotopic (exact) mass is 362 g/mol. The zero-order valence-corrected chi connectivity index (χ0v) is 15.3. The number of fused-ring (bicyclic) bond motifs is 9. The lowest BCUT2D eigenvalue weighted by Gasteiger charge is -2.57. The van der Waals surface area contributed by atoms with E-state index < -0.39 is 23.5 Å². The molecule has 0 bridgehead atoms. The molecule has 0 aromatic rings. The maximum Gasteiger partial charge on any atom is 0.333 e. The van der Waals surface area contributed by atoms with Crippen LogP contribution in [0, 0.1) is 28.6 Å². The maximum atomic E-state index is 11.9. The Bertz CT molecular complexity index is 711. The second-order valence-electron chi connectivity index (χ2n) is 9.43. The summed E-state index contributed by atoms with van der Waals surface area (Å²) >= 11 is 0. The first-order valence-corrected chi connectivity index (χ1v) is 9.95. The van der Waals surface area contributed by atoms with Crippen LogP contribution >= 0.6 is 0 Å². The van der Waals surface area contributed by atoms with Crippen LogP contribution < -0.4 is 0 Å². The van der Waals surface area contributed by atoms with Crippen molar-refractivity contribution in [2.24, 2.45) is 28.6 Å². The van der Waals surface area contributed by atoms with Gasteiger partial charge in [-0.15, -0.1) is 0 Å². The van der Waals surface area contributed by atoms with Gasteiger partial charge in [0.05, 0.1) is 24.7 Å². The molecule has 26 heavy (non-hydrogen) atoms. The molecule has 2 saturated heterocycles. The number of cyclic esters (lactones) is 1. The van der Waals surface area contributed by atoms with Gasteiger partial charge < -0.3 is 24.1 Å². The number of ether oxygens (including phenoxy) is 4. The Morgan fingerprint density at radius 3 is 2.62 bits per heavy atom. The lowest BCUT2D eigenvalue weighted by atomic mass is 9.48. The van der Waals surface area contributed by atoms with Gasteiger partial charge in [-0.05, 0) is 49.5 Å². The fourth-order valence-electron chi connectivity index (χ4n) is 7.38. The third-order valence-corrected chi connectivity index (χ3v) is 8.75. The van der Waals surface area contributed by atoms with Crippen molar-refractivity contribution in [3.63, 3.8) is 0 Å². The molecule has 6 aliphatic rings. The van der Waals surface area contributed by atoms with Gasteiger partial charge in [-0.1, -0.05) is 6.92 Å². The molecule has 6 heteroatoms. The Morgan fingerprint density at radius 1 is 1.12 bits per heavy atom. The van der Waals surface area contributed by atoms with Crippen molar-refractivity contribution in [2.75, 3.05) is 13.2 Å². The molecule has 3 aliphatic heterocycles. The third kappa shape index (κ3) is 1.62. The van der Waals surface area contributed by atoms with Gasteiger partial charge in [0.25, 0.3) is 0 Å². The van der Waals surface area contributed by atoms with Gasteiger partial charge in [0.2, 0.25) is 6.29 Å². The molecule has 3 saturated carbocycles. The minimum atomic E-state index is -1.09. The van der Waals surface area contributed by atoms with Crippen LogP contribution in [0.3, 0.4) is 0 Å². The van der Waals surface area contributed by atoms with Gasteiger partial charge in [0.1, 0.15) is 6.10 Å². The second kappa shape index (κ2) is 4.72. The molecule has 6 rings (SSSR count). The molecular weight excluding hydrogens is 336 g/mol. The van der Waals surface area contributed by atoms with Crippen molar-refractivity contribution in [1.29, 1.82) is 0 Å².